The maximum absolute atomic E-state index is 13.9. The van der Waals surface area contributed by atoms with Crippen molar-refractivity contribution in [2.24, 2.45) is 17.6 Å². The molecule has 39 heavy (non-hydrogen) atoms. The first kappa shape index (κ1) is 28.2. The van der Waals surface area contributed by atoms with Gasteiger partial charge in [0.2, 0.25) is 23.5 Å². The maximum atomic E-state index is 13.9. The summed E-state index contributed by atoms with van der Waals surface area (Å²) in [7, 11) is 0. The predicted octanol–water partition coefficient (Wildman–Crippen LogP) is 4.88. The zero-order valence-electron chi connectivity index (χ0n) is 22.5. The first-order chi connectivity index (χ1) is 18.9. The minimum absolute atomic E-state index is 0.0226. The second-order valence-electron chi connectivity index (χ2n) is 10.4. The van der Waals surface area contributed by atoms with Gasteiger partial charge < -0.3 is 15.5 Å². The van der Waals surface area contributed by atoms with E-state index in [2.05, 4.69) is 15.3 Å². The summed E-state index contributed by atoms with van der Waals surface area (Å²) in [5.74, 6) is -0.978. The van der Waals surface area contributed by atoms with Gasteiger partial charge in [0.25, 0.3) is 0 Å². The molecule has 1 aromatic carbocycles. The molecule has 1 fully saturated rings. The van der Waals surface area contributed by atoms with E-state index in [1.807, 2.05) is 30.3 Å². The van der Waals surface area contributed by atoms with Crippen molar-refractivity contribution in [3.63, 3.8) is 0 Å². The molecule has 3 N–H and O–H groups in total. The van der Waals surface area contributed by atoms with Crippen LogP contribution in [0.2, 0.25) is 0 Å². The third-order valence-corrected chi connectivity index (χ3v) is 7.35. The third kappa shape index (κ3) is 8.09. The average molecular weight is 530 g/mol. The second-order valence-corrected chi connectivity index (χ2v) is 10.4. The summed E-state index contributed by atoms with van der Waals surface area (Å²) >= 11 is 0. The number of nitrogens with one attached hydrogen (secondary N) is 1. The first-order valence-corrected chi connectivity index (χ1v) is 13.8. The van der Waals surface area contributed by atoms with Crippen molar-refractivity contribution in [3.05, 3.63) is 78.2 Å². The number of rotatable bonds is 13. The normalized spacial score (nSPS) is 15.4. The Morgan fingerprint density at radius 2 is 1.82 bits per heavy atom. The molecule has 1 radical (unpaired) electrons. The second kappa shape index (κ2) is 13.8. The Morgan fingerprint density at radius 1 is 1.08 bits per heavy atom. The van der Waals surface area contributed by atoms with Crippen molar-refractivity contribution in [2.75, 3.05) is 0 Å². The van der Waals surface area contributed by atoms with Crippen molar-refractivity contribution < 1.29 is 18.8 Å². The predicted molar refractivity (Wildman–Crippen MR) is 148 cm³/mol. The van der Waals surface area contributed by atoms with E-state index in [4.69, 9.17) is 10.2 Å². The summed E-state index contributed by atoms with van der Waals surface area (Å²) in [6.45, 7) is 1.68. The van der Waals surface area contributed by atoms with Gasteiger partial charge in [0.15, 0.2) is 5.76 Å². The monoisotopic (exact) mass is 529 g/mol. The molecule has 1 saturated carbocycles. The fraction of sp³-hybridized carbons (Fsp3) is 0.419. The van der Waals surface area contributed by atoms with E-state index < -0.39 is 17.9 Å². The lowest BCUT2D eigenvalue weighted by atomic mass is 9.86. The van der Waals surface area contributed by atoms with Crippen molar-refractivity contribution in [1.29, 1.82) is 0 Å². The van der Waals surface area contributed by atoms with E-state index in [0.29, 0.717) is 36.6 Å². The number of primary amides is 1. The molecule has 1 aliphatic rings. The number of aryl methyl sites for hydroxylation is 1. The van der Waals surface area contributed by atoms with E-state index in [-0.39, 0.29) is 29.8 Å². The topological polar surface area (TPSA) is 128 Å². The van der Waals surface area contributed by atoms with Crippen molar-refractivity contribution in [3.8, 4) is 11.6 Å². The summed E-state index contributed by atoms with van der Waals surface area (Å²) in [6, 6.07) is 14.3. The van der Waals surface area contributed by atoms with Gasteiger partial charge in [-0.05, 0) is 42.9 Å². The molecule has 0 spiro atoms. The summed E-state index contributed by atoms with van der Waals surface area (Å²) in [5, 5.41) is 2.94. The van der Waals surface area contributed by atoms with Crippen LogP contribution < -0.4 is 11.1 Å². The van der Waals surface area contributed by atoms with Crippen LogP contribution in [-0.2, 0) is 22.4 Å². The number of hydrogen-bond acceptors (Lipinski definition) is 6. The Hall–Kier alpha value is -3.81. The largest absolute Gasteiger partial charge is 0.431 e. The van der Waals surface area contributed by atoms with Gasteiger partial charge in [-0.25, -0.2) is 4.98 Å². The number of nitrogens with two attached hydrogens (primary N) is 1. The smallest absolute Gasteiger partial charge is 0.246 e. The van der Waals surface area contributed by atoms with Gasteiger partial charge in [-0.1, -0.05) is 75.4 Å². The molecular weight excluding hydrogens is 492 g/mol. The molecule has 0 saturated heterocycles. The molecule has 2 amide bonds. The first-order valence-electron chi connectivity index (χ1n) is 13.8. The zero-order valence-corrected chi connectivity index (χ0v) is 22.5. The van der Waals surface area contributed by atoms with Gasteiger partial charge in [0.1, 0.15) is 5.69 Å². The molecule has 2 heterocycles. The molecule has 8 nitrogen and oxygen atoms in total. The molecule has 205 valence electrons. The number of hydrogen-bond donors (Lipinski definition) is 2. The van der Waals surface area contributed by atoms with Crippen LogP contribution in [0.15, 0.2) is 59.1 Å². The summed E-state index contributed by atoms with van der Waals surface area (Å²) in [5.41, 5.74) is 7.36. The number of carbonyl (C=O) groups excluding carboxylic acids is 3. The van der Waals surface area contributed by atoms with Crippen LogP contribution in [0, 0.1) is 18.3 Å². The molecule has 0 aliphatic heterocycles. The zero-order chi connectivity index (χ0) is 27.6. The number of nitrogens with zero attached hydrogens (tertiary/aromatic N) is 2. The molecule has 1 aliphatic carbocycles. The van der Waals surface area contributed by atoms with E-state index in [0.717, 1.165) is 18.4 Å². The van der Waals surface area contributed by atoms with Crippen LogP contribution in [0.4, 0.5) is 0 Å². The van der Waals surface area contributed by atoms with E-state index >= 15 is 0 Å². The Morgan fingerprint density at radius 3 is 2.51 bits per heavy atom. The van der Waals surface area contributed by atoms with Crippen LogP contribution in [0.1, 0.15) is 73.7 Å². The highest BCUT2D eigenvalue weighted by Crippen LogP contribution is 2.27. The number of ketones is 1. The van der Waals surface area contributed by atoms with Crippen LogP contribution in [0.3, 0.4) is 0 Å². The highest BCUT2D eigenvalue weighted by molar-refractivity contribution is 6.01. The molecule has 8 heteroatoms. The summed E-state index contributed by atoms with van der Waals surface area (Å²) < 4.78 is 5.98. The van der Waals surface area contributed by atoms with Gasteiger partial charge in [0, 0.05) is 25.0 Å². The molecule has 3 aromatic rings. The lowest BCUT2D eigenvalue weighted by Gasteiger charge is -2.22. The fourth-order valence-corrected chi connectivity index (χ4v) is 4.98. The van der Waals surface area contributed by atoms with Gasteiger partial charge in [-0.2, -0.15) is 0 Å². The standard InChI is InChI=1S/C31H37N4O4/c1-21(30(32)38)20-26-29(39-31(35-26)25-14-8-9-19-33-25)28(37)24(17-15-22-10-4-2-5-11-22)34-27(36)18-16-23-12-6-3-7-13-23/h2,4-5,8-11,14,18-19,21,23-24H,3,6-7,12-13,15-17,20H2,1H3,(H2,32,38)(H,34,36)/t21-,24-/m0/s1. The minimum Gasteiger partial charge on any atom is -0.431 e. The molecule has 0 bridgehead atoms. The Bertz CT molecular complexity index is 1240. The summed E-state index contributed by atoms with van der Waals surface area (Å²) in [6.07, 6.45) is 11.0. The molecule has 2 aromatic heterocycles. The fourth-order valence-electron chi connectivity index (χ4n) is 4.98. The Labute approximate surface area is 229 Å². The number of pyridine rings is 1. The SMILES string of the molecule is C[C@@H](Cc1nc(-c2ccccn2)oc1C(=O)[C@H](CCc1ccccc1)NC(=O)[CH]CC1CCCCC1)C(N)=O. The van der Waals surface area contributed by atoms with E-state index in [1.165, 1.54) is 19.3 Å². The average Bonchev–Trinajstić information content (AvgIpc) is 3.39. The van der Waals surface area contributed by atoms with Gasteiger partial charge in [-0.3, -0.25) is 19.4 Å². The lowest BCUT2D eigenvalue weighted by Crippen LogP contribution is -2.42. The van der Waals surface area contributed by atoms with Gasteiger partial charge >= 0.3 is 0 Å². The van der Waals surface area contributed by atoms with Crippen LogP contribution in [0.25, 0.3) is 11.6 Å². The van der Waals surface area contributed by atoms with E-state index in [9.17, 15) is 14.4 Å². The third-order valence-electron chi connectivity index (χ3n) is 7.35. The van der Waals surface area contributed by atoms with Crippen LogP contribution in [-0.4, -0.2) is 33.6 Å². The molecule has 0 unspecified atom stereocenters. The Kier molecular flexibility index (Phi) is 10.00. The molecule has 2 atom stereocenters. The van der Waals surface area contributed by atoms with Crippen LogP contribution in [0.5, 0.6) is 0 Å². The highest BCUT2D eigenvalue weighted by atomic mass is 16.4. The number of benzene rings is 1. The van der Waals surface area contributed by atoms with Crippen LogP contribution >= 0.6 is 0 Å². The minimum atomic E-state index is -0.826. The number of oxazole rings is 1. The number of aromatic nitrogens is 2. The molecule has 4 rings (SSSR count). The van der Waals surface area contributed by atoms with E-state index in [1.54, 1.807) is 37.7 Å². The molecular formula is C31H37N4O4. The summed E-state index contributed by atoms with van der Waals surface area (Å²) in [4.78, 5) is 47.5. The lowest BCUT2D eigenvalue weighted by molar-refractivity contribution is -0.121. The maximum Gasteiger partial charge on any atom is 0.246 e. The van der Waals surface area contributed by atoms with Gasteiger partial charge in [0.05, 0.1) is 11.7 Å². The van der Waals surface area contributed by atoms with Crippen molar-refractivity contribution >= 4 is 17.6 Å². The quantitative estimate of drug-likeness (QED) is 0.304. The number of amides is 2. The van der Waals surface area contributed by atoms with Gasteiger partial charge in [-0.15, -0.1) is 0 Å². The number of Topliss-reactive ketones (excluding diaryl/α,β-unsaturated/α-hetero) is 1. The van der Waals surface area contributed by atoms with Crippen molar-refractivity contribution in [2.45, 2.75) is 70.8 Å². The van der Waals surface area contributed by atoms with Crippen molar-refractivity contribution in [1.82, 2.24) is 15.3 Å². The Balaban J connectivity index is 1.57. The highest BCUT2D eigenvalue weighted by Gasteiger charge is 2.31. The number of carbonyl (C=O) groups is 3.